The first-order valence-corrected chi connectivity index (χ1v) is 6.33. The van der Waals surface area contributed by atoms with Crippen LogP contribution in [0.3, 0.4) is 0 Å². The molecular formula is C13H19ClN2O3. The van der Waals surface area contributed by atoms with Gasteiger partial charge in [-0.1, -0.05) is 11.6 Å². The third kappa shape index (κ3) is 4.59. The Morgan fingerprint density at radius 2 is 2.00 bits per heavy atom. The van der Waals surface area contributed by atoms with Crippen molar-refractivity contribution in [3.63, 3.8) is 0 Å². The molecular weight excluding hydrogens is 268 g/mol. The Morgan fingerprint density at radius 1 is 1.42 bits per heavy atom. The standard InChI is InChI=1S/C13H19ClN2O3/c1-8(11(17)15-13(2,3)4)19-12(18)10-6-9(14)7-16(10)5/h6-8H,1-5H3,(H,15,17)/t8-/m0/s1. The molecule has 1 atom stereocenters. The summed E-state index contributed by atoms with van der Waals surface area (Å²) in [4.78, 5) is 23.7. The number of aryl methyl sites for hydroxylation is 1. The Kier molecular flexibility index (Phi) is 4.63. The molecule has 0 aliphatic carbocycles. The highest BCUT2D eigenvalue weighted by Gasteiger charge is 2.24. The van der Waals surface area contributed by atoms with Gasteiger partial charge in [0.1, 0.15) is 5.69 Å². The average Bonchev–Trinajstić information content (AvgIpc) is 2.55. The van der Waals surface area contributed by atoms with Gasteiger partial charge in [-0.2, -0.15) is 0 Å². The van der Waals surface area contributed by atoms with Crippen molar-refractivity contribution in [1.29, 1.82) is 0 Å². The summed E-state index contributed by atoms with van der Waals surface area (Å²) < 4.78 is 6.66. The number of amides is 1. The van der Waals surface area contributed by atoms with Crippen LogP contribution in [0.1, 0.15) is 38.2 Å². The van der Waals surface area contributed by atoms with Gasteiger partial charge in [0.15, 0.2) is 6.10 Å². The molecule has 1 amide bonds. The van der Waals surface area contributed by atoms with E-state index in [9.17, 15) is 9.59 Å². The largest absolute Gasteiger partial charge is 0.448 e. The third-order valence-electron chi connectivity index (χ3n) is 2.33. The summed E-state index contributed by atoms with van der Waals surface area (Å²) in [5, 5.41) is 3.19. The molecule has 0 aliphatic heterocycles. The van der Waals surface area contributed by atoms with E-state index in [-0.39, 0.29) is 11.4 Å². The maximum atomic E-state index is 11.9. The maximum Gasteiger partial charge on any atom is 0.355 e. The monoisotopic (exact) mass is 286 g/mol. The number of carbonyl (C=O) groups excluding carboxylic acids is 2. The molecule has 0 aliphatic rings. The zero-order chi connectivity index (χ0) is 14.8. The number of rotatable bonds is 3. The summed E-state index contributed by atoms with van der Waals surface area (Å²) in [5.74, 6) is -0.910. The van der Waals surface area contributed by atoms with Crippen LogP contribution in [0.5, 0.6) is 0 Å². The van der Waals surface area contributed by atoms with Gasteiger partial charge in [-0.3, -0.25) is 4.79 Å². The van der Waals surface area contributed by atoms with E-state index in [0.29, 0.717) is 10.7 Å². The van der Waals surface area contributed by atoms with Gasteiger partial charge in [0.2, 0.25) is 0 Å². The van der Waals surface area contributed by atoms with E-state index in [1.165, 1.54) is 13.0 Å². The van der Waals surface area contributed by atoms with E-state index in [4.69, 9.17) is 16.3 Å². The molecule has 1 heterocycles. The van der Waals surface area contributed by atoms with Gasteiger partial charge >= 0.3 is 5.97 Å². The molecule has 5 nitrogen and oxygen atoms in total. The number of aromatic nitrogens is 1. The topological polar surface area (TPSA) is 60.3 Å². The summed E-state index contributed by atoms with van der Waals surface area (Å²) in [6.07, 6.45) is 0.735. The van der Waals surface area contributed by atoms with Crippen molar-refractivity contribution in [2.24, 2.45) is 7.05 Å². The molecule has 1 N–H and O–H groups in total. The van der Waals surface area contributed by atoms with Crippen LogP contribution in [0.4, 0.5) is 0 Å². The first-order valence-electron chi connectivity index (χ1n) is 5.95. The van der Waals surface area contributed by atoms with Crippen LogP contribution in [-0.4, -0.2) is 28.1 Å². The minimum Gasteiger partial charge on any atom is -0.448 e. The third-order valence-corrected chi connectivity index (χ3v) is 2.54. The van der Waals surface area contributed by atoms with Crippen molar-refractivity contribution in [1.82, 2.24) is 9.88 Å². The number of nitrogens with zero attached hydrogens (tertiary/aromatic N) is 1. The molecule has 0 spiro atoms. The minimum atomic E-state index is -0.861. The highest BCUT2D eigenvalue weighted by Crippen LogP contribution is 2.14. The maximum absolute atomic E-state index is 11.9. The van der Waals surface area contributed by atoms with E-state index in [2.05, 4.69) is 5.32 Å². The van der Waals surface area contributed by atoms with E-state index in [1.54, 1.807) is 17.8 Å². The molecule has 19 heavy (non-hydrogen) atoms. The van der Waals surface area contributed by atoms with Gasteiger partial charge in [0.25, 0.3) is 5.91 Å². The second kappa shape index (κ2) is 5.65. The normalized spacial score (nSPS) is 12.9. The lowest BCUT2D eigenvalue weighted by Gasteiger charge is -2.23. The lowest BCUT2D eigenvalue weighted by atomic mass is 10.1. The Labute approximate surface area is 117 Å². The molecule has 0 fully saturated rings. The number of ether oxygens (including phenoxy) is 1. The minimum absolute atomic E-state index is 0.306. The summed E-state index contributed by atoms with van der Waals surface area (Å²) in [7, 11) is 1.68. The van der Waals surface area contributed by atoms with Crippen LogP contribution < -0.4 is 5.32 Å². The van der Waals surface area contributed by atoms with Gasteiger partial charge in [-0.25, -0.2) is 4.79 Å². The molecule has 0 aromatic carbocycles. The average molecular weight is 287 g/mol. The lowest BCUT2D eigenvalue weighted by molar-refractivity contribution is -0.130. The van der Waals surface area contributed by atoms with Gasteiger partial charge in [-0.05, 0) is 33.8 Å². The van der Waals surface area contributed by atoms with Crippen LogP contribution >= 0.6 is 11.6 Å². The number of hydrogen-bond acceptors (Lipinski definition) is 3. The smallest absolute Gasteiger partial charge is 0.355 e. The fourth-order valence-electron chi connectivity index (χ4n) is 1.47. The number of carbonyl (C=O) groups is 2. The van der Waals surface area contributed by atoms with E-state index in [0.717, 1.165) is 0 Å². The van der Waals surface area contributed by atoms with Crippen LogP contribution in [-0.2, 0) is 16.6 Å². The quantitative estimate of drug-likeness (QED) is 0.866. The molecule has 1 rings (SSSR count). The molecule has 0 radical (unpaired) electrons. The van der Waals surface area contributed by atoms with Gasteiger partial charge in [0, 0.05) is 18.8 Å². The van der Waals surface area contributed by atoms with Gasteiger partial charge in [-0.15, -0.1) is 0 Å². The van der Waals surface area contributed by atoms with E-state index < -0.39 is 12.1 Å². The summed E-state index contributed by atoms with van der Waals surface area (Å²) in [5.41, 5.74) is -0.0631. The molecule has 1 aromatic heterocycles. The molecule has 6 heteroatoms. The van der Waals surface area contributed by atoms with Crippen LogP contribution in [0.2, 0.25) is 5.02 Å². The van der Waals surface area contributed by atoms with E-state index in [1.807, 2.05) is 20.8 Å². The zero-order valence-electron chi connectivity index (χ0n) is 11.8. The SMILES string of the molecule is C[C@H](OC(=O)c1cc(Cl)cn1C)C(=O)NC(C)(C)C. The highest BCUT2D eigenvalue weighted by atomic mass is 35.5. The molecule has 0 unspecified atom stereocenters. The van der Waals surface area contributed by atoms with Gasteiger partial charge in [0.05, 0.1) is 5.02 Å². The van der Waals surface area contributed by atoms with Crippen LogP contribution in [0.25, 0.3) is 0 Å². The number of nitrogens with one attached hydrogen (secondary N) is 1. The van der Waals surface area contributed by atoms with Crippen molar-refractivity contribution in [3.05, 3.63) is 23.0 Å². The summed E-state index contributed by atoms with van der Waals surface area (Å²) in [6, 6.07) is 1.50. The Bertz CT molecular complexity index is 489. The highest BCUT2D eigenvalue weighted by molar-refractivity contribution is 6.30. The molecule has 0 saturated heterocycles. The van der Waals surface area contributed by atoms with Crippen LogP contribution in [0.15, 0.2) is 12.3 Å². The second-order valence-electron chi connectivity index (χ2n) is 5.44. The molecule has 1 aromatic rings. The lowest BCUT2D eigenvalue weighted by Crippen LogP contribution is -2.46. The van der Waals surface area contributed by atoms with E-state index >= 15 is 0 Å². The second-order valence-corrected chi connectivity index (χ2v) is 5.88. The summed E-state index contributed by atoms with van der Waals surface area (Å²) >= 11 is 5.79. The first-order chi connectivity index (χ1) is 8.60. The fraction of sp³-hybridized carbons (Fsp3) is 0.538. The Balaban J connectivity index is 2.67. The predicted octanol–water partition coefficient (Wildman–Crippen LogP) is 2.14. The number of halogens is 1. The van der Waals surface area contributed by atoms with Crippen molar-refractivity contribution >= 4 is 23.5 Å². The molecule has 0 bridgehead atoms. The molecule has 0 saturated carbocycles. The van der Waals surface area contributed by atoms with Crippen molar-refractivity contribution in [3.8, 4) is 0 Å². The fourth-order valence-corrected chi connectivity index (χ4v) is 1.72. The van der Waals surface area contributed by atoms with Gasteiger partial charge < -0.3 is 14.6 Å². The van der Waals surface area contributed by atoms with Crippen molar-refractivity contribution in [2.45, 2.75) is 39.3 Å². The number of esters is 1. The van der Waals surface area contributed by atoms with Crippen molar-refractivity contribution in [2.75, 3.05) is 0 Å². The Hall–Kier alpha value is -1.49. The first kappa shape index (κ1) is 15.6. The predicted molar refractivity (Wildman–Crippen MR) is 73.2 cm³/mol. The van der Waals surface area contributed by atoms with Crippen LogP contribution in [0, 0.1) is 0 Å². The number of hydrogen-bond donors (Lipinski definition) is 1. The molecule has 106 valence electrons. The van der Waals surface area contributed by atoms with Crippen molar-refractivity contribution < 1.29 is 14.3 Å². The Morgan fingerprint density at radius 3 is 2.42 bits per heavy atom. The summed E-state index contributed by atoms with van der Waals surface area (Å²) in [6.45, 7) is 7.10. The zero-order valence-corrected chi connectivity index (χ0v) is 12.5.